The van der Waals surface area contributed by atoms with Gasteiger partial charge in [0, 0.05) is 35.7 Å². The largest absolute Gasteiger partial charge is 3.00 e. The van der Waals surface area contributed by atoms with Crippen molar-refractivity contribution in [3.8, 4) is 22.5 Å². The Kier molecular flexibility index (Phi) is 9.99. The van der Waals surface area contributed by atoms with E-state index in [1.807, 2.05) is 24.3 Å². The quantitative estimate of drug-likeness (QED) is 0.183. The number of benzene rings is 2. The fourth-order valence-electron chi connectivity index (χ4n) is 2.64. The van der Waals surface area contributed by atoms with Gasteiger partial charge in [-0.2, -0.15) is 18.2 Å². The van der Waals surface area contributed by atoms with Gasteiger partial charge >= 0.3 is 21.7 Å². The number of aromatic amines is 2. The van der Waals surface area contributed by atoms with Gasteiger partial charge in [0.25, 0.3) is 0 Å². The predicted molar refractivity (Wildman–Crippen MR) is 112 cm³/mol. The molecule has 2 aromatic carbocycles. The zero-order valence-electron chi connectivity index (χ0n) is 16.7. The zero-order valence-corrected chi connectivity index (χ0v) is 18.3. The molecule has 2 N–H and O–H groups in total. The molecule has 0 unspecified atom stereocenters. The summed E-state index contributed by atoms with van der Waals surface area (Å²) < 4.78 is 51.2. The normalized spacial score (nSPS) is 11.1. The van der Waals surface area contributed by atoms with Gasteiger partial charge in [-0.15, -0.1) is 30.7 Å². The van der Waals surface area contributed by atoms with Crippen LogP contribution < -0.4 is 0 Å². The van der Waals surface area contributed by atoms with E-state index in [9.17, 15) is 17.6 Å². The predicted octanol–water partition coefficient (Wildman–Crippen LogP) is 6.82. The summed E-state index contributed by atoms with van der Waals surface area (Å²) in [6.45, 7) is 0. The van der Waals surface area contributed by atoms with Gasteiger partial charge in [0.15, 0.2) is 0 Å². The summed E-state index contributed by atoms with van der Waals surface area (Å²) >= 11 is 0. The first-order valence-corrected chi connectivity index (χ1v) is 9.28. The van der Waals surface area contributed by atoms with E-state index in [2.05, 4.69) is 22.1 Å². The van der Waals surface area contributed by atoms with E-state index in [1.54, 1.807) is 36.7 Å². The first-order chi connectivity index (χ1) is 15.0. The first-order valence-electron chi connectivity index (χ1n) is 9.28. The SMILES string of the molecule is Fc1[c-]c(F)c(-c2ccc[nH]2)cc1.Fc1[c-]c(F)c(-c2ccc[nH]2)cc1.[C-]1=CC=CC1.[Ti+3]. The van der Waals surface area contributed by atoms with Crippen LogP contribution in [0.15, 0.2) is 79.2 Å². The molecule has 0 spiro atoms. The van der Waals surface area contributed by atoms with Crippen molar-refractivity contribution in [2.24, 2.45) is 0 Å². The van der Waals surface area contributed by atoms with Crippen LogP contribution in [0.4, 0.5) is 17.6 Å². The Balaban J connectivity index is 0.000000182. The zero-order chi connectivity index (χ0) is 22.1. The Hall–Kier alpha value is -3.09. The molecule has 0 saturated carbocycles. The van der Waals surface area contributed by atoms with E-state index in [1.165, 1.54) is 24.3 Å². The molecule has 159 valence electrons. The third kappa shape index (κ3) is 7.25. The first kappa shape index (κ1) is 25.2. The summed E-state index contributed by atoms with van der Waals surface area (Å²) in [5.41, 5.74) is 1.89. The van der Waals surface area contributed by atoms with Gasteiger partial charge in [-0.3, -0.25) is 6.08 Å². The van der Waals surface area contributed by atoms with Crippen LogP contribution in [0.3, 0.4) is 0 Å². The van der Waals surface area contributed by atoms with Crippen LogP contribution in [-0.2, 0) is 21.7 Å². The Morgan fingerprint density at radius 1 is 0.688 bits per heavy atom. The maximum Gasteiger partial charge on any atom is 3.00 e. The molecule has 0 bridgehead atoms. The molecule has 1 radical (unpaired) electrons. The summed E-state index contributed by atoms with van der Waals surface area (Å²) in [5, 5.41) is 0. The molecule has 2 aromatic heterocycles. The second-order valence-electron chi connectivity index (χ2n) is 6.24. The number of aromatic nitrogens is 2. The number of H-pyrrole nitrogens is 2. The second kappa shape index (κ2) is 12.7. The Morgan fingerprint density at radius 3 is 1.47 bits per heavy atom. The van der Waals surface area contributed by atoms with Crippen molar-refractivity contribution in [1.29, 1.82) is 0 Å². The summed E-state index contributed by atoms with van der Waals surface area (Å²) in [5.74, 6) is -2.73. The topological polar surface area (TPSA) is 31.6 Å². The van der Waals surface area contributed by atoms with Gasteiger partial charge in [0.1, 0.15) is 0 Å². The molecular formula is C25H17F4N2Ti. The summed E-state index contributed by atoms with van der Waals surface area (Å²) in [6.07, 6.45) is 13.4. The van der Waals surface area contributed by atoms with E-state index >= 15 is 0 Å². The van der Waals surface area contributed by atoms with Crippen molar-refractivity contribution >= 4 is 0 Å². The molecule has 1 aliphatic carbocycles. The van der Waals surface area contributed by atoms with Crippen molar-refractivity contribution in [3.05, 3.63) is 121 Å². The molecule has 5 rings (SSSR count). The molecule has 32 heavy (non-hydrogen) atoms. The van der Waals surface area contributed by atoms with Crippen molar-refractivity contribution in [1.82, 2.24) is 9.97 Å². The number of rotatable bonds is 2. The maximum absolute atomic E-state index is 13.1. The number of allylic oxidation sites excluding steroid dienone is 4. The van der Waals surface area contributed by atoms with Crippen LogP contribution in [0.1, 0.15) is 6.42 Å². The molecule has 0 aliphatic heterocycles. The third-order valence-corrected chi connectivity index (χ3v) is 4.09. The number of nitrogens with one attached hydrogen (secondary N) is 2. The van der Waals surface area contributed by atoms with Crippen LogP contribution >= 0.6 is 0 Å². The van der Waals surface area contributed by atoms with Gasteiger partial charge in [-0.05, 0) is 35.7 Å². The molecular weight excluding hydrogens is 452 g/mol. The average Bonchev–Trinajstić information content (AvgIpc) is 3.52. The number of halogens is 4. The summed E-state index contributed by atoms with van der Waals surface area (Å²) in [6, 6.07) is 16.0. The van der Waals surface area contributed by atoms with E-state index in [0.29, 0.717) is 22.5 Å². The maximum atomic E-state index is 13.1. The number of hydrogen-bond acceptors (Lipinski definition) is 0. The van der Waals surface area contributed by atoms with Gasteiger partial charge in [-0.1, -0.05) is 11.1 Å². The van der Waals surface area contributed by atoms with E-state index in [0.717, 1.165) is 6.42 Å². The van der Waals surface area contributed by atoms with Crippen molar-refractivity contribution in [2.75, 3.05) is 0 Å². The van der Waals surface area contributed by atoms with Crippen LogP contribution in [0, 0.1) is 41.5 Å². The molecule has 0 atom stereocenters. The van der Waals surface area contributed by atoms with Crippen molar-refractivity contribution < 1.29 is 39.3 Å². The van der Waals surface area contributed by atoms with Crippen LogP contribution in [0.5, 0.6) is 0 Å². The van der Waals surface area contributed by atoms with Crippen LogP contribution in [0.2, 0.25) is 0 Å². The van der Waals surface area contributed by atoms with E-state index in [4.69, 9.17) is 0 Å². The summed E-state index contributed by atoms with van der Waals surface area (Å²) in [7, 11) is 0. The van der Waals surface area contributed by atoms with Gasteiger partial charge < -0.3 is 9.97 Å². The van der Waals surface area contributed by atoms with Crippen molar-refractivity contribution in [2.45, 2.75) is 6.42 Å². The van der Waals surface area contributed by atoms with Crippen LogP contribution in [-0.4, -0.2) is 9.97 Å². The molecule has 0 fully saturated rings. The molecule has 4 aromatic rings. The monoisotopic (exact) mass is 469 g/mol. The average molecular weight is 469 g/mol. The standard InChI is InChI=1S/2C10H6F2N.C5H5.Ti/c2*11-7-3-4-8(9(12)6-7)10-2-1-5-13-10;1-2-4-5-3-1;/h2*1-5,13H;1-3H,4H2;/q3*-1;+3. The fourth-order valence-corrected chi connectivity index (χ4v) is 2.64. The number of hydrogen-bond donors (Lipinski definition) is 2. The minimum absolute atomic E-state index is 0. The van der Waals surface area contributed by atoms with Crippen molar-refractivity contribution in [3.63, 3.8) is 0 Å². The van der Waals surface area contributed by atoms with Crippen LogP contribution in [0.25, 0.3) is 22.5 Å². The second-order valence-corrected chi connectivity index (χ2v) is 6.24. The van der Waals surface area contributed by atoms with E-state index in [-0.39, 0.29) is 21.7 Å². The minimum atomic E-state index is -0.687. The Bertz CT molecular complexity index is 1060. The molecule has 2 nitrogen and oxygen atoms in total. The Morgan fingerprint density at radius 2 is 1.19 bits per heavy atom. The Labute approximate surface area is 198 Å². The van der Waals surface area contributed by atoms with Gasteiger partial charge in [0.05, 0.1) is 0 Å². The molecule has 0 amide bonds. The molecule has 7 heteroatoms. The molecule has 1 aliphatic rings. The fraction of sp³-hybridized carbons (Fsp3) is 0.0400. The van der Waals surface area contributed by atoms with Gasteiger partial charge in [0.2, 0.25) is 0 Å². The molecule has 2 heterocycles. The third-order valence-electron chi connectivity index (χ3n) is 4.09. The van der Waals surface area contributed by atoms with E-state index < -0.39 is 23.3 Å². The smallest absolute Gasteiger partial charge is 0.371 e. The van der Waals surface area contributed by atoms with Gasteiger partial charge in [-0.25, -0.2) is 29.7 Å². The summed E-state index contributed by atoms with van der Waals surface area (Å²) in [4.78, 5) is 5.66. The minimum Gasteiger partial charge on any atom is -0.371 e. The molecule has 0 saturated heterocycles.